The minimum absolute atomic E-state index is 0.456. The quantitative estimate of drug-likeness (QED) is 0.879. The van der Waals surface area contributed by atoms with Crippen molar-refractivity contribution < 1.29 is 9.47 Å². The van der Waals surface area contributed by atoms with E-state index in [2.05, 4.69) is 17.4 Å². The molecule has 1 fully saturated rings. The summed E-state index contributed by atoms with van der Waals surface area (Å²) in [6.07, 6.45) is 5.12. The van der Waals surface area contributed by atoms with Gasteiger partial charge in [0.1, 0.15) is 0 Å². The van der Waals surface area contributed by atoms with Gasteiger partial charge in [0.2, 0.25) is 0 Å². The molecular weight excluding hydrogens is 238 g/mol. The van der Waals surface area contributed by atoms with Crippen molar-refractivity contribution in [2.24, 2.45) is 0 Å². The summed E-state index contributed by atoms with van der Waals surface area (Å²) in [5.41, 5.74) is 1.31. The summed E-state index contributed by atoms with van der Waals surface area (Å²) in [6, 6.07) is 6.79. The SMILES string of the molecule is CCOc1ccc(C2CCCCCN2)cc1OCC. The zero-order valence-electron chi connectivity index (χ0n) is 12.1. The zero-order chi connectivity index (χ0) is 13.5. The predicted molar refractivity (Wildman–Crippen MR) is 78.0 cm³/mol. The van der Waals surface area contributed by atoms with E-state index in [9.17, 15) is 0 Å². The van der Waals surface area contributed by atoms with Crippen molar-refractivity contribution in [3.8, 4) is 11.5 Å². The molecule has 0 radical (unpaired) electrons. The van der Waals surface area contributed by atoms with Crippen LogP contribution in [0.4, 0.5) is 0 Å². The topological polar surface area (TPSA) is 30.5 Å². The molecule has 3 nitrogen and oxygen atoms in total. The minimum Gasteiger partial charge on any atom is -0.490 e. The van der Waals surface area contributed by atoms with Gasteiger partial charge in [-0.25, -0.2) is 0 Å². The first-order chi connectivity index (χ1) is 9.35. The molecule has 3 heteroatoms. The largest absolute Gasteiger partial charge is 0.490 e. The lowest BCUT2D eigenvalue weighted by molar-refractivity contribution is 0.287. The van der Waals surface area contributed by atoms with Crippen molar-refractivity contribution in [1.29, 1.82) is 0 Å². The second-order valence-corrected chi connectivity index (χ2v) is 4.93. The van der Waals surface area contributed by atoms with Crippen molar-refractivity contribution in [3.63, 3.8) is 0 Å². The summed E-state index contributed by atoms with van der Waals surface area (Å²) >= 11 is 0. The molecule has 1 aliphatic rings. The standard InChI is InChI=1S/C16H25NO2/c1-3-18-15-10-9-13(12-16(15)19-4-2)14-8-6-5-7-11-17-14/h9-10,12,14,17H,3-8,11H2,1-2H3. The lowest BCUT2D eigenvalue weighted by atomic mass is 10.0. The molecule has 0 saturated carbocycles. The molecule has 0 amide bonds. The van der Waals surface area contributed by atoms with Crippen molar-refractivity contribution in [1.82, 2.24) is 5.32 Å². The van der Waals surface area contributed by atoms with E-state index in [0.29, 0.717) is 19.3 Å². The molecule has 0 aliphatic carbocycles. The van der Waals surface area contributed by atoms with Crippen LogP contribution in [-0.4, -0.2) is 19.8 Å². The van der Waals surface area contributed by atoms with Gasteiger partial charge in [0, 0.05) is 6.04 Å². The van der Waals surface area contributed by atoms with Crippen LogP contribution in [0.1, 0.15) is 51.1 Å². The Morgan fingerprint density at radius 2 is 1.84 bits per heavy atom. The van der Waals surface area contributed by atoms with Crippen LogP contribution in [0.3, 0.4) is 0 Å². The highest BCUT2D eigenvalue weighted by Gasteiger charge is 2.16. The summed E-state index contributed by atoms with van der Waals surface area (Å²) in [5.74, 6) is 1.72. The molecule has 1 aromatic rings. The van der Waals surface area contributed by atoms with Gasteiger partial charge in [-0.1, -0.05) is 18.9 Å². The van der Waals surface area contributed by atoms with E-state index in [4.69, 9.17) is 9.47 Å². The fourth-order valence-electron chi connectivity index (χ4n) is 2.60. The maximum atomic E-state index is 5.70. The highest BCUT2D eigenvalue weighted by molar-refractivity contribution is 5.44. The molecule has 1 atom stereocenters. The smallest absolute Gasteiger partial charge is 0.161 e. The first-order valence-electron chi connectivity index (χ1n) is 7.48. The Bertz CT molecular complexity index is 384. The van der Waals surface area contributed by atoms with E-state index in [1.807, 2.05) is 19.9 Å². The van der Waals surface area contributed by atoms with Gasteiger partial charge in [0.05, 0.1) is 13.2 Å². The van der Waals surface area contributed by atoms with Crippen LogP contribution >= 0.6 is 0 Å². The van der Waals surface area contributed by atoms with Gasteiger partial charge in [-0.15, -0.1) is 0 Å². The molecular formula is C16H25NO2. The number of benzene rings is 1. The molecule has 2 rings (SSSR count). The average molecular weight is 263 g/mol. The Hall–Kier alpha value is -1.22. The van der Waals surface area contributed by atoms with E-state index in [1.165, 1.54) is 31.2 Å². The summed E-state index contributed by atoms with van der Waals surface area (Å²) in [5, 5.41) is 3.62. The van der Waals surface area contributed by atoms with E-state index in [0.717, 1.165) is 18.0 Å². The zero-order valence-corrected chi connectivity index (χ0v) is 12.1. The van der Waals surface area contributed by atoms with E-state index in [-0.39, 0.29) is 0 Å². The molecule has 106 valence electrons. The molecule has 0 aromatic heterocycles. The maximum Gasteiger partial charge on any atom is 0.161 e. The van der Waals surface area contributed by atoms with Gasteiger partial charge in [-0.3, -0.25) is 0 Å². The van der Waals surface area contributed by atoms with Crippen LogP contribution in [0.15, 0.2) is 18.2 Å². The Labute approximate surface area is 116 Å². The first-order valence-corrected chi connectivity index (χ1v) is 7.48. The van der Waals surface area contributed by atoms with Gasteiger partial charge in [-0.2, -0.15) is 0 Å². The van der Waals surface area contributed by atoms with Crippen molar-refractivity contribution in [3.05, 3.63) is 23.8 Å². The highest BCUT2D eigenvalue weighted by Crippen LogP contribution is 2.32. The molecule has 1 unspecified atom stereocenters. The third kappa shape index (κ3) is 3.87. The average Bonchev–Trinajstić information content (AvgIpc) is 2.70. The van der Waals surface area contributed by atoms with E-state index in [1.54, 1.807) is 0 Å². The molecule has 19 heavy (non-hydrogen) atoms. The van der Waals surface area contributed by atoms with Gasteiger partial charge in [-0.05, 0) is 50.9 Å². The van der Waals surface area contributed by atoms with Crippen LogP contribution in [0, 0.1) is 0 Å². The fourth-order valence-corrected chi connectivity index (χ4v) is 2.60. The first kappa shape index (κ1) is 14.2. The van der Waals surface area contributed by atoms with Crippen LogP contribution in [0.2, 0.25) is 0 Å². The summed E-state index contributed by atoms with van der Waals surface area (Å²) < 4.78 is 11.3. The van der Waals surface area contributed by atoms with Gasteiger partial charge in [0.25, 0.3) is 0 Å². The summed E-state index contributed by atoms with van der Waals surface area (Å²) in [7, 11) is 0. The minimum atomic E-state index is 0.456. The summed E-state index contributed by atoms with van der Waals surface area (Å²) in [4.78, 5) is 0. The molecule has 0 spiro atoms. The Balaban J connectivity index is 2.18. The van der Waals surface area contributed by atoms with Crippen molar-refractivity contribution in [2.75, 3.05) is 19.8 Å². The third-order valence-corrected chi connectivity index (χ3v) is 3.53. The second kappa shape index (κ2) is 7.39. The number of hydrogen-bond acceptors (Lipinski definition) is 3. The summed E-state index contributed by atoms with van der Waals surface area (Å²) in [6.45, 7) is 6.45. The fraction of sp³-hybridized carbons (Fsp3) is 0.625. The van der Waals surface area contributed by atoms with Crippen molar-refractivity contribution >= 4 is 0 Å². The van der Waals surface area contributed by atoms with Crippen LogP contribution in [0.25, 0.3) is 0 Å². The lowest BCUT2D eigenvalue weighted by Crippen LogP contribution is -2.20. The Morgan fingerprint density at radius 3 is 2.63 bits per heavy atom. The molecule has 0 bridgehead atoms. The Morgan fingerprint density at radius 1 is 1.05 bits per heavy atom. The number of rotatable bonds is 5. The van der Waals surface area contributed by atoms with E-state index < -0.39 is 0 Å². The van der Waals surface area contributed by atoms with Gasteiger partial charge >= 0.3 is 0 Å². The van der Waals surface area contributed by atoms with Gasteiger partial charge in [0.15, 0.2) is 11.5 Å². The molecule has 1 aromatic carbocycles. The molecule has 1 heterocycles. The maximum absolute atomic E-state index is 5.70. The molecule has 1 N–H and O–H groups in total. The van der Waals surface area contributed by atoms with Crippen LogP contribution in [0.5, 0.6) is 11.5 Å². The second-order valence-electron chi connectivity index (χ2n) is 4.93. The van der Waals surface area contributed by atoms with Crippen LogP contribution in [-0.2, 0) is 0 Å². The van der Waals surface area contributed by atoms with Gasteiger partial charge < -0.3 is 14.8 Å². The number of nitrogens with one attached hydrogen (secondary N) is 1. The lowest BCUT2D eigenvalue weighted by Gasteiger charge is -2.19. The monoisotopic (exact) mass is 263 g/mol. The van der Waals surface area contributed by atoms with Crippen molar-refractivity contribution in [2.45, 2.75) is 45.6 Å². The highest BCUT2D eigenvalue weighted by atomic mass is 16.5. The third-order valence-electron chi connectivity index (χ3n) is 3.53. The molecule has 1 aliphatic heterocycles. The predicted octanol–water partition coefficient (Wildman–Crippen LogP) is 3.69. The number of hydrogen-bond donors (Lipinski definition) is 1. The van der Waals surface area contributed by atoms with E-state index >= 15 is 0 Å². The van der Waals surface area contributed by atoms with Crippen LogP contribution < -0.4 is 14.8 Å². The molecule has 1 saturated heterocycles. The number of ether oxygens (including phenoxy) is 2. The normalized spacial score (nSPS) is 19.8. The Kier molecular flexibility index (Phi) is 5.52.